The van der Waals surface area contributed by atoms with E-state index in [-0.39, 0.29) is 17.6 Å². The second kappa shape index (κ2) is 7.06. The van der Waals surface area contributed by atoms with Crippen LogP contribution in [0.25, 0.3) is 0 Å². The maximum atomic E-state index is 11.9. The number of amides is 1. The molecule has 1 aliphatic rings. The molecule has 1 fully saturated rings. The molecular formula is C15H21N3O3. The summed E-state index contributed by atoms with van der Waals surface area (Å²) in [6.45, 7) is 2.80. The fraction of sp³-hybridized carbons (Fsp3) is 0.533. The predicted octanol–water partition coefficient (Wildman–Crippen LogP) is 3.09. The molecule has 1 aromatic rings. The van der Waals surface area contributed by atoms with Gasteiger partial charge in [-0.05, 0) is 31.4 Å². The van der Waals surface area contributed by atoms with E-state index in [0.717, 1.165) is 32.1 Å². The van der Waals surface area contributed by atoms with Gasteiger partial charge in [-0.25, -0.2) is 0 Å². The molecule has 1 aromatic carbocycles. The lowest BCUT2D eigenvalue weighted by Gasteiger charge is -2.09. The molecule has 0 spiro atoms. The van der Waals surface area contributed by atoms with E-state index in [1.54, 1.807) is 12.1 Å². The molecule has 2 N–H and O–H groups in total. The fourth-order valence-electron chi connectivity index (χ4n) is 2.07. The summed E-state index contributed by atoms with van der Waals surface area (Å²) in [7, 11) is 0. The third-order valence-electron chi connectivity index (χ3n) is 3.46. The van der Waals surface area contributed by atoms with Gasteiger partial charge in [-0.1, -0.05) is 19.8 Å². The van der Waals surface area contributed by atoms with Crippen molar-refractivity contribution >= 4 is 17.3 Å². The van der Waals surface area contributed by atoms with Gasteiger partial charge < -0.3 is 10.6 Å². The largest absolute Gasteiger partial charge is 0.379 e. The molecule has 0 heterocycles. The van der Waals surface area contributed by atoms with Crippen molar-refractivity contribution in [2.24, 2.45) is 0 Å². The van der Waals surface area contributed by atoms with E-state index in [9.17, 15) is 14.9 Å². The number of carbonyl (C=O) groups excluding carboxylic acids is 1. The van der Waals surface area contributed by atoms with Crippen molar-refractivity contribution in [2.45, 2.75) is 45.1 Å². The Bertz CT molecular complexity index is 527. The summed E-state index contributed by atoms with van der Waals surface area (Å²) in [6.07, 6.45) is 5.14. The summed E-state index contributed by atoms with van der Waals surface area (Å²) in [5, 5.41) is 17.1. The molecule has 6 heteroatoms. The molecule has 6 nitrogen and oxygen atoms in total. The van der Waals surface area contributed by atoms with Gasteiger partial charge in [-0.3, -0.25) is 14.9 Å². The zero-order valence-electron chi connectivity index (χ0n) is 12.2. The zero-order valence-corrected chi connectivity index (χ0v) is 12.2. The third kappa shape index (κ3) is 4.44. The van der Waals surface area contributed by atoms with Crippen LogP contribution in [0.15, 0.2) is 18.2 Å². The molecule has 0 aliphatic heterocycles. The molecule has 1 amide bonds. The number of hydrogen-bond donors (Lipinski definition) is 2. The average Bonchev–Trinajstić information content (AvgIpc) is 3.27. The number of nitro groups is 1. The van der Waals surface area contributed by atoms with Crippen molar-refractivity contribution in [3.63, 3.8) is 0 Å². The Hall–Kier alpha value is -2.11. The second-order valence-corrected chi connectivity index (χ2v) is 5.37. The van der Waals surface area contributed by atoms with Gasteiger partial charge >= 0.3 is 0 Å². The van der Waals surface area contributed by atoms with Crippen LogP contribution < -0.4 is 10.6 Å². The van der Waals surface area contributed by atoms with Crippen LogP contribution in [0, 0.1) is 10.1 Å². The van der Waals surface area contributed by atoms with Gasteiger partial charge in [0, 0.05) is 24.2 Å². The number of nitrogens with one attached hydrogen (secondary N) is 2. The van der Waals surface area contributed by atoms with Gasteiger partial charge in [0.15, 0.2) is 0 Å². The standard InChI is InChI=1S/C15H21N3O3/c1-2-3-4-9-16-13-8-5-11(10-14(13)18(20)21)15(19)17-12-6-7-12/h5,8,10,12,16H,2-4,6-7,9H2,1H3,(H,17,19). The number of nitrogens with zero attached hydrogens (tertiary/aromatic N) is 1. The van der Waals surface area contributed by atoms with Crippen molar-refractivity contribution in [2.75, 3.05) is 11.9 Å². The zero-order chi connectivity index (χ0) is 15.2. The van der Waals surface area contributed by atoms with Crippen molar-refractivity contribution in [3.8, 4) is 0 Å². The SMILES string of the molecule is CCCCCNc1ccc(C(=O)NC2CC2)cc1[N+](=O)[O-]. The van der Waals surface area contributed by atoms with E-state index < -0.39 is 4.92 Å². The summed E-state index contributed by atoms with van der Waals surface area (Å²) in [5.41, 5.74) is 0.765. The molecule has 0 aromatic heterocycles. The Morgan fingerprint density at radius 1 is 1.38 bits per heavy atom. The van der Waals surface area contributed by atoms with Crippen LogP contribution in [0.5, 0.6) is 0 Å². The Kier molecular flexibility index (Phi) is 5.14. The number of carbonyl (C=O) groups is 1. The van der Waals surface area contributed by atoms with Crippen molar-refractivity contribution in [1.29, 1.82) is 0 Å². The van der Waals surface area contributed by atoms with E-state index in [0.29, 0.717) is 17.8 Å². The Labute approximate surface area is 124 Å². The Morgan fingerprint density at radius 2 is 2.14 bits per heavy atom. The van der Waals surface area contributed by atoms with Crippen LogP contribution in [0.4, 0.5) is 11.4 Å². The van der Waals surface area contributed by atoms with E-state index in [1.807, 2.05) is 0 Å². The lowest BCUT2D eigenvalue weighted by atomic mass is 10.1. The third-order valence-corrected chi connectivity index (χ3v) is 3.46. The monoisotopic (exact) mass is 291 g/mol. The number of benzene rings is 1. The van der Waals surface area contributed by atoms with E-state index in [4.69, 9.17) is 0 Å². The van der Waals surface area contributed by atoms with Gasteiger partial charge in [0.1, 0.15) is 5.69 Å². The average molecular weight is 291 g/mol. The first-order valence-corrected chi connectivity index (χ1v) is 7.45. The van der Waals surface area contributed by atoms with Gasteiger partial charge in [-0.2, -0.15) is 0 Å². The van der Waals surface area contributed by atoms with Crippen LogP contribution in [-0.4, -0.2) is 23.4 Å². The highest BCUT2D eigenvalue weighted by molar-refractivity contribution is 5.96. The molecule has 21 heavy (non-hydrogen) atoms. The molecule has 0 bridgehead atoms. The van der Waals surface area contributed by atoms with E-state index in [1.165, 1.54) is 6.07 Å². The van der Waals surface area contributed by atoms with E-state index >= 15 is 0 Å². The van der Waals surface area contributed by atoms with E-state index in [2.05, 4.69) is 17.6 Å². The van der Waals surface area contributed by atoms with Crippen molar-refractivity contribution < 1.29 is 9.72 Å². The summed E-state index contributed by atoms with van der Waals surface area (Å²) in [4.78, 5) is 22.6. The van der Waals surface area contributed by atoms with Crippen LogP contribution in [-0.2, 0) is 0 Å². The summed E-state index contributed by atoms with van der Waals surface area (Å²) < 4.78 is 0. The molecule has 0 atom stereocenters. The first kappa shape index (κ1) is 15.3. The Morgan fingerprint density at radius 3 is 2.76 bits per heavy atom. The Balaban J connectivity index is 2.06. The van der Waals surface area contributed by atoms with Gasteiger partial charge in [-0.15, -0.1) is 0 Å². The van der Waals surface area contributed by atoms with Crippen LogP contribution in [0.2, 0.25) is 0 Å². The first-order valence-electron chi connectivity index (χ1n) is 7.45. The molecule has 114 valence electrons. The minimum Gasteiger partial charge on any atom is -0.379 e. The number of unbranched alkanes of at least 4 members (excludes halogenated alkanes) is 2. The van der Waals surface area contributed by atoms with Crippen LogP contribution in [0.1, 0.15) is 49.4 Å². The molecule has 2 rings (SSSR count). The lowest BCUT2D eigenvalue weighted by Crippen LogP contribution is -2.25. The molecular weight excluding hydrogens is 270 g/mol. The van der Waals surface area contributed by atoms with Gasteiger partial charge in [0.25, 0.3) is 11.6 Å². The molecule has 1 saturated carbocycles. The fourth-order valence-corrected chi connectivity index (χ4v) is 2.07. The maximum absolute atomic E-state index is 11.9. The molecule has 0 unspecified atom stereocenters. The molecule has 1 aliphatic carbocycles. The number of hydrogen-bond acceptors (Lipinski definition) is 4. The minimum absolute atomic E-state index is 0.0463. The molecule has 0 saturated heterocycles. The van der Waals surface area contributed by atoms with Crippen molar-refractivity contribution in [3.05, 3.63) is 33.9 Å². The highest BCUT2D eigenvalue weighted by Crippen LogP contribution is 2.26. The number of anilines is 1. The number of rotatable bonds is 8. The summed E-state index contributed by atoms with van der Waals surface area (Å²) in [6, 6.07) is 4.84. The van der Waals surface area contributed by atoms with Crippen LogP contribution in [0.3, 0.4) is 0 Å². The maximum Gasteiger partial charge on any atom is 0.293 e. The summed E-state index contributed by atoms with van der Waals surface area (Å²) >= 11 is 0. The smallest absolute Gasteiger partial charge is 0.293 e. The predicted molar refractivity (Wildman–Crippen MR) is 81.6 cm³/mol. The van der Waals surface area contributed by atoms with Gasteiger partial charge in [0.05, 0.1) is 4.92 Å². The minimum atomic E-state index is -0.448. The highest BCUT2D eigenvalue weighted by atomic mass is 16.6. The van der Waals surface area contributed by atoms with Gasteiger partial charge in [0.2, 0.25) is 0 Å². The highest BCUT2D eigenvalue weighted by Gasteiger charge is 2.25. The topological polar surface area (TPSA) is 84.3 Å². The lowest BCUT2D eigenvalue weighted by molar-refractivity contribution is -0.384. The van der Waals surface area contributed by atoms with Crippen LogP contribution >= 0.6 is 0 Å². The second-order valence-electron chi connectivity index (χ2n) is 5.37. The summed E-state index contributed by atoms with van der Waals surface area (Å²) in [5.74, 6) is -0.238. The first-order chi connectivity index (χ1) is 10.1. The van der Waals surface area contributed by atoms with Crippen molar-refractivity contribution in [1.82, 2.24) is 5.32 Å². The number of nitro benzene ring substituents is 1. The normalized spacial score (nSPS) is 13.8. The molecule has 0 radical (unpaired) electrons. The quantitative estimate of drug-likeness (QED) is 0.438.